The number of imide groups is 1. The molecular weight excluding hydrogens is 481 g/mol. The Morgan fingerprint density at radius 3 is 2.56 bits per heavy atom. The van der Waals surface area contributed by atoms with Gasteiger partial charge >= 0.3 is 0 Å². The molecule has 0 aliphatic carbocycles. The summed E-state index contributed by atoms with van der Waals surface area (Å²) in [5.41, 5.74) is 1.86. The molecule has 3 aliphatic rings. The smallest absolute Gasteiger partial charge is 0.255 e. The highest BCUT2D eigenvalue weighted by molar-refractivity contribution is 6.06. The van der Waals surface area contributed by atoms with Crippen molar-refractivity contribution in [2.45, 2.75) is 51.1 Å². The molecule has 0 aromatic heterocycles. The maximum atomic E-state index is 12.9. The summed E-state index contributed by atoms with van der Waals surface area (Å²) in [5, 5.41) is 8.61. The Morgan fingerprint density at radius 2 is 1.82 bits per heavy atom. The predicted octanol–water partition coefficient (Wildman–Crippen LogP) is 1.70. The molecule has 0 bridgehead atoms. The molecule has 3 heterocycles. The molecule has 11 heteroatoms. The number of nitrogens with zero attached hydrogens (tertiary/aromatic N) is 2. The largest absolute Gasteiger partial charge is 0.326 e. The summed E-state index contributed by atoms with van der Waals surface area (Å²) in [7, 11) is 0. The molecule has 3 aliphatic heterocycles. The molecule has 1 aromatic carbocycles. The molecule has 4 amide bonds. The van der Waals surface area contributed by atoms with Gasteiger partial charge < -0.3 is 20.4 Å². The molecule has 0 spiro atoms. The molecule has 9 nitrogen and oxygen atoms in total. The number of unbranched alkanes of at least 4 members (excludes halogenated alkanes) is 2. The Hall–Kier alpha value is -2.20. The molecule has 2 fully saturated rings. The van der Waals surface area contributed by atoms with Crippen molar-refractivity contribution in [2.75, 3.05) is 38.0 Å². The second-order valence-corrected chi connectivity index (χ2v) is 8.68. The van der Waals surface area contributed by atoms with Crippen molar-refractivity contribution < 1.29 is 19.2 Å². The van der Waals surface area contributed by atoms with Crippen LogP contribution in [0.5, 0.6) is 0 Å². The SMILES string of the molecule is Cl.Cl.O=C1CCC(N2Cc3c(NC(=O)CCCCCN4CCNCC4)cccc3C2=O)C(=O)N1. The van der Waals surface area contributed by atoms with E-state index in [1.165, 1.54) is 4.90 Å². The van der Waals surface area contributed by atoms with Crippen molar-refractivity contribution in [2.24, 2.45) is 0 Å². The van der Waals surface area contributed by atoms with E-state index in [4.69, 9.17) is 0 Å². The first-order chi connectivity index (χ1) is 15.5. The lowest BCUT2D eigenvalue weighted by atomic mass is 10.0. The minimum Gasteiger partial charge on any atom is -0.326 e. The molecule has 0 saturated carbocycles. The molecule has 1 unspecified atom stereocenters. The normalized spacial score (nSPS) is 20.2. The average molecular weight is 514 g/mol. The number of fused-ring (bicyclic) bond motifs is 1. The zero-order valence-electron chi connectivity index (χ0n) is 19.1. The third kappa shape index (κ3) is 6.69. The number of nitrogens with one attached hydrogen (secondary N) is 3. The number of anilines is 1. The number of benzene rings is 1. The van der Waals surface area contributed by atoms with Crippen LogP contribution in [0, 0.1) is 0 Å². The lowest BCUT2D eigenvalue weighted by Gasteiger charge is -2.29. The van der Waals surface area contributed by atoms with Crippen LogP contribution in [0.3, 0.4) is 0 Å². The monoisotopic (exact) mass is 513 g/mol. The van der Waals surface area contributed by atoms with Gasteiger partial charge in [0.05, 0.1) is 0 Å². The van der Waals surface area contributed by atoms with Crippen LogP contribution in [0.4, 0.5) is 5.69 Å². The quantitative estimate of drug-likeness (QED) is 0.360. The van der Waals surface area contributed by atoms with Gasteiger partial charge in [0.2, 0.25) is 17.7 Å². The summed E-state index contributed by atoms with van der Waals surface area (Å²) in [4.78, 5) is 53.0. The first-order valence-corrected chi connectivity index (χ1v) is 11.5. The number of halogens is 2. The number of rotatable bonds is 8. The third-order valence-corrected chi connectivity index (χ3v) is 6.44. The highest BCUT2D eigenvalue weighted by atomic mass is 35.5. The van der Waals surface area contributed by atoms with Gasteiger partial charge in [0, 0.05) is 62.4 Å². The van der Waals surface area contributed by atoms with E-state index in [2.05, 4.69) is 20.9 Å². The summed E-state index contributed by atoms with van der Waals surface area (Å²) in [5.74, 6) is -1.05. The van der Waals surface area contributed by atoms with Crippen LogP contribution in [0.15, 0.2) is 18.2 Å². The van der Waals surface area contributed by atoms with Gasteiger partial charge in [-0.05, 0) is 37.9 Å². The fourth-order valence-corrected chi connectivity index (χ4v) is 4.65. The summed E-state index contributed by atoms with van der Waals surface area (Å²) in [6, 6.07) is 4.60. The zero-order chi connectivity index (χ0) is 22.5. The molecule has 1 atom stereocenters. The van der Waals surface area contributed by atoms with E-state index in [9.17, 15) is 19.2 Å². The standard InChI is InChI=1S/C23H31N5O4.2ClH/c29-20(7-2-1-3-12-27-13-10-24-11-14-27)25-18-6-4-5-16-17(18)15-28(23(16)32)19-8-9-21(30)26-22(19)31;;/h4-6,19,24H,1-3,7-15H2,(H,25,29)(H,26,30,31);2*1H. The molecule has 1 aromatic rings. The summed E-state index contributed by atoms with van der Waals surface area (Å²) in [6.45, 7) is 5.61. The average Bonchev–Trinajstić information content (AvgIpc) is 3.12. The topological polar surface area (TPSA) is 111 Å². The van der Waals surface area contributed by atoms with Crippen molar-refractivity contribution in [1.82, 2.24) is 20.4 Å². The highest BCUT2D eigenvalue weighted by Gasteiger charge is 2.39. The fraction of sp³-hybridized carbons (Fsp3) is 0.565. The predicted molar refractivity (Wildman–Crippen MR) is 133 cm³/mol. The van der Waals surface area contributed by atoms with Crippen LogP contribution in [0.2, 0.25) is 0 Å². The lowest BCUT2D eigenvalue weighted by Crippen LogP contribution is -2.52. The van der Waals surface area contributed by atoms with Gasteiger partial charge in [0.25, 0.3) is 5.91 Å². The molecular formula is C23H33Cl2N5O4. The van der Waals surface area contributed by atoms with E-state index < -0.39 is 11.9 Å². The zero-order valence-corrected chi connectivity index (χ0v) is 20.8. The van der Waals surface area contributed by atoms with Crippen LogP contribution in [0.25, 0.3) is 0 Å². The van der Waals surface area contributed by atoms with Crippen molar-refractivity contribution in [1.29, 1.82) is 0 Å². The van der Waals surface area contributed by atoms with Crippen molar-refractivity contribution in [3.05, 3.63) is 29.3 Å². The Morgan fingerprint density at radius 1 is 1.06 bits per heavy atom. The Labute approximate surface area is 212 Å². The van der Waals surface area contributed by atoms with Gasteiger partial charge in [-0.3, -0.25) is 24.5 Å². The first kappa shape index (κ1) is 28.0. The van der Waals surface area contributed by atoms with E-state index in [1.54, 1.807) is 18.2 Å². The number of amides is 4. The summed E-state index contributed by atoms with van der Waals surface area (Å²) < 4.78 is 0. The number of carbonyl (C=O) groups is 4. The number of piperidine rings is 1. The van der Waals surface area contributed by atoms with Gasteiger partial charge in [-0.25, -0.2) is 0 Å². The minimum absolute atomic E-state index is 0. The van der Waals surface area contributed by atoms with Crippen LogP contribution in [-0.4, -0.2) is 72.2 Å². The molecule has 2 saturated heterocycles. The second-order valence-electron chi connectivity index (χ2n) is 8.68. The van der Waals surface area contributed by atoms with Crippen LogP contribution in [0.1, 0.15) is 54.4 Å². The number of hydrogen-bond acceptors (Lipinski definition) is 6. The summed E-state index contributed by atoms with van der Waals surface area (Å²) in [6.07, 6.45) is 3.90. The maximum absolute atomic E-state index is 12.9. The number of piperazine rings is 1. The van der Waals surface area contributed by atoms with E-state index in [1.807, 2.05) is 0 Å². The second kappa shape index (κ2) is 13.0. The van der Waals surface area contributed by atoms with Gasteiger partial charge in [-0.1, -0.05) is 12.5 Å². The minimum atomic E-state index is -0.660. The van der Waals surface area contributed by atoms with Crippen molar-refractivity contribution in [3.8, 4) is 0 Å². The Kier molecular flexibility index (Phi) is 10.8. The van der Waals surface area contributed by atoms with Gasteiger partial charge in [0.15, 0.2) is 0 Å². The maximum Gasteiger partial charge on any atom is 0.255 e. The summed E-state index contributed by atoms with van der Waals surface area (Å²) >= 11 is 0. The molecule has 188 valence electrons. The van der Waals surface area contributed by atoms with Gasteiger partial charge in [-0.15, -0.1) is 24.8 Å². The molecule has 3 N–H and O–H groups in total. The Bertz CT molecular complexity index is 907. The van der Waals surface area contributed by atoms with E-state index in [-0.39, 0.29) is 55.5 Å². The van der Waals surface area contributed by atoms with Gasteiger partial charge in [0.1, 0.15) is 6.04 Å². The number of carbonyl (C=O) groups excluding carboxylic acids is 4. The number of hydrogen-bond donors (Lipinski definition) is 3. The Balaban J connectivity index is 0.00000204. The van der Waals surface area contributed by atoms with Crippen LogP contribution < -0.4 is 16.0 Å². The van der Waals surface area contributed by atoms with E-state index in [0.717, 1.165) is 57.5 Å². The van der Waals surface area contributed by atoms with Crippen molar-refractivity contribution in [3.63, 3.8) is 0 Å². The third-order valence-electron chi connectivity index (χ3n) is 6.44. The fourth-order valence-electron chi connectivity index (χ4n) is 4.65. The molecule has 0 radical (unpaired) electrons. The van der Waals surface area contributed by atoms with Crippen LogP contribution in [-0.2, 0) is 20.9 Å². The van der Waals surface area contributed by atoms with E-state index in [0.29, 0.717) is 24.1 Å². The molecule has 34 heavy (non-hydrogen) atoms. The highest BCUT2D eigenvalue weighted by Crippen LogP contribution is 2.32. The van der Waals surface area contributed by atoms with E-state index >= 15 is 0 Å². The van der Waals surface area contributed by atoms with Crippen molar-refractivity contribution >= 4 is 54.1 Å². The molecule has 4 rings (SSSR count). The first-order valence-electron chi connectivity index (χ1n) is 11.5. The lowest BCUT2D eigenvalue weighted by molar-refractivity contribution is -0.137. The van der Waals surface area contributed by atoms with Crippen LogP contribution >= 0.6 is 24.8 Å². The van der Waals surface area contributed by atoms with Gasteiger partial charge in [-0.2, -0.15) is 0 Å².